The molecule has 8 rings (SSSR count). The number of nitrogens with zero attached hydrogens (tertiary/aromatic N) is 9. The van der Waals surface area contributed by atoms with Gasteiger partial charge in [0.25, 0.3) is 0 Å². The van der Waals surface area contributed by atoms with Crippen LogP contribution < -0.4 is 0 Å². The maximum Gasteiger partial charge on any atom is 0.245 e. The molecule has 4 bridgehead atoms. The standard InChI is InChI=1S/C40H42BrN9O3/c1-24-12-13-36(41)44-32(24)16-34(52)33-17-40-18-35(40)50(33)37(53)22-49-39-27(10-8-6-4-5-7-9-11-30-21-48(23-40)47-45-30)14-28(29-19-42-26(3)43-20-29)15-31(39)38(46-49)25(2)51/h9,11-15,19-21,33,35H,4-8,10,16-18,22-23H2,1-3H3/t33-,35+,40-/m0/s1. The summed E-state index contributed by atoms with van der Waals surface area (Å²) in [4.78, 5) is 57.3. The van der Waals surface area contributed by atoms with Crippen molar-refractivity contribution in [2.75, 3.05) is 0 Å². The first-order valence-corrected chi connectivity index (χ1v) is 19.2. The van der Waals surface area contributed by atoms with Gasteiger partial charge in [0.05, 0.1) is 36.4 Å². The maximum atomic E-state index is 14.7. The summed E-state index contributed by atoms with van der Waals surface area (Å²) in [5.74, 6) is 0.269. The first kappa shape index (κ1) is 35.1. The summed E-state index contributed by atoms with van der Waals surface area (Å²) in [6.07, 6.45) is 17.0. The molecule has 1 amide bonds. The molecule has 272 valence electrons. The molecular weight excluding hydrogens is 734 g/mol. The van der Waals surface area contributed by atoms with Crippen molar-refractivity contribution in [3.8, 4) is 11.1 Å². The minimum absolute atomic E-state index is 0.0420. The third kappa shape index (κ3) is 6.98. The topological polar surface area (TPSA) is 142 Å². The highest BCUT2D eigenvalue weighted by atomic mass is 79.9. The third-order valence-corrected chi connectivity index (χ3v) is 11.6. The number of rotatable bonds is 5. The van der Waals surface area contributed by atoms with Gasteiger partial charge in [0.2, 0.25) is 5.91 Å². The monoisotopic (exact) mass is 775 g/mol. The van der Waals surface area contributed by atoms with E-state index in [2.05, 4.69) is 53.3 Å². The van der Waals surface area contributed by atoms with Crippen LogP contribution in [0.4, 0.5) is 0 Å². The molecule has 1 saturated carbocycles. The highest BCUT2D eigenvalue weighted by Crippen LogP contribution is 2.60. The predicted molar refractivity (Wildman–Crippen MR) is 203 cm³/mol. The minimum atomic E-state index is -0.625. The fraction of sp³-hybridized carbons (Fsp3) is 0.425. The second-order valence-corrected chi connectivity index (χ2v) is 15.8. The number of carbonyl (C=O) groups excluding carboxylic acids is 3. The Balaban J connectivity index is 1.20. The summed E-state index contributed by atoms with van der Waals surface area (Å²) in [5.41, 5.74) is 6.00. The average molecular weight is 777 g/mol. The van der Waals surface area contributed by atoms with Gasteiger partial charge in [0, 0.05) is 41.7 Å². The Morgan fingerprint density at radius 2 is 1.83 bits per heavy atom. The van der Waals surface area contributed by atoms with Gasteiger partial charge >= 0.3 is 0 Å². The number of hydrogen-bond donors (Lipinski definition) is 0. The van der Waals surface area contributed by atoms with Crippen LogP contribution in [0.5, 0.6) is 0 Å². The van der Waals surface area contributed by atoms with E-state index in [9.17, 15) is 14.4 Å². The number of amides is 1. The van der Waals surface area contributed by atoms with E-state index in [1.165, 1.54) is 6.92 Å². The van der Waals surface area contributed by atoms with E-state index in [-0.39, 0.29) is 41.9 Å². The first-order chi connectivity index (χ1) is 25.6. The number of fused-ring (bicyclic) bond motifs is 2. The Kier molecular flexibility index (Phi) is 9.38. The fourth-order valence-corrected chi connectivity index (χ4v) is 8.66. The molecule has 0 radical (unpaired) electrons. The molecule has 0 spiro atoms. The molecule has 1 aromatic carbocycles. The van der Waals surface area contributed by atoms with E-state index in [1.807, 2.05) is 53.9 Å². The second-order valence-electron chi connectivity index (χ2n) is 15.0. The number of aromatic nitrogens is 8. The summed E-state index contributed by atoms with van der Waals surface area (Å²) >= 11 is 3.45. The van der Waals surface area contributed by atoms with Gasteiger partial charge in [-0.15, -0.1) is 5.10 Å². The van der Waals surface area contributed by atoms with Crippen LogP contribution in [0.25, 0.3) is 28.1 Å². The van der Waals surface area contributed by atoms with Gasteiger partial charge < -0.3 is 4.90 Å². The fourth-order valence-electron chi connectivity index (χ4n) is 8.31. The average Bonchev–Trinajstić information content (AvgIpc) is 3.39. The Morgan fingerprint density at radius 3 is 2.64 bits per heavy atom. The van der Waals surface area contributed by atoms with Crippen LogP contribution in [0.3, 0.4) is 0 Å². The van der Waals surface area contributed by atoms with Crippen LogP contribution in [0.15, 0.2) is 53.5 Å². The molecule has 4 aromatic heterocycles. The Bertz CT molecular complexity index is 2280. The van der Waals surface area contributed by atoms with Crippen molar-refractivity contribution < 1.29 is 14.4 Å². The summed E-state index contributed by atoms with van der Waals surface area (Å²) in [6, 6.07) is 7.15. The van der Waals surface area contributed by atoms with Crippen LogP contribution in [-0.4, -0.2) is 74.2 Å². The van der Waals surface area contributed by atoms with E-state index < -0.39 is 6.04 Å². The molecule has 2 aliphatic heterocycles. The molecule has 1 aliphatic carbocycles. The number of carbonyl (C=O) groups is 3. The summed E-state index contributed by atoms with van der Waals surface area (Å²) < 4.78 is 4.23. The van der Waals surface area contributed by atoms with Crippen LogP contribution in [0.1, 0.15) is 90.7 Å². The zero-order valence-corrected chi connectivity index (χ0v) is 31.8. The molecule has 3 atom stereocenters. The lowest BCUT2D eigenvalue weighted by Crippen LogP contribution is -2.45. The summed E-state index contributed by atoms with van der Waals surface area (Å²) in [5, 5.41) is 14.3. The number of hydrogen-bond acceptors (Lipinski definition) is 9. The molecule has 0 unspecified atom stereocenters. The molecular formula is C40H42BrN9O3. The van der Waals surface area contributed by atoms with Gasteiger partial charge in [0.1, 0.15) is 28.4 Å². The van der Waals surface area contributed by atoms with Crippen LogP contribution in [0.2, 0.25) is 0 Å². The maximum absolute atomic E-state index is 14.7. The lowest BCUT2D eigenvalue weighted by Gasteiger charge is -2.27. The molecule has 2 fully saturated rings. The molecule has 1 saturated heterocycles. The zero-order valence-electron chi connectivity index (χ0n) is 30.3. The number of halogens is 1. The summed E-state index contributed by atoms with van der Waals surface area (Å²) in [7, 11) is 0. The SMILES string of the molecule is CC(=O)c1nn2c3c(cc(-c4cnc(C)nc4)cc13)CCCCCCC=Cc1cn(nn1)C[C@@]13C[C@@H](C(=O)Cc4nc(Br)ccc4C)N(C(=O)C2)[C@@H]1C3. The number of allylic oxidation sites excluding steroid dienone is 1. The highest BCUT2D eigenvalue weighted by molar-refractivity contribution is 9.10. The molecule has 12 nitrogen and oxygen atoms in total. The van der Waals surface area contributed by atoms with E-state index in [0.29, 0.717) is 40.2 Å². The van der Waals surface area contributed by atoms with Crippen molar-refractivity contribution >= 4 is 50.4 Å². The molecule has 6 heterocycles. The van der Waals surface area contributed by atoms with E-state index in [1.54, 1.807) is 17.1 Å². The number of aryl methyl sites for hydroxylation is 3. The van der Waals surface area contributed by atoms with Crippen molar-refractivity contribution in [1.29, 1.82) is 0 Å². The number of benzene rings is 1. The molecule has 53 heavy (non-hydrogen) atoms. The Hall–Kier alpha value is -4.91. The number of piperidine rings is 1. The molecule has 0 N–H and O–H groups in total. The lowest BCUT2D eigenvalue weighted by molar-refractivity contribution is -0.139. The van der Waals surface area contributed by atoms with Gasteiger partial charge in [-0.25, -0.2) is 15.0 Å². The Labute approximate surface area is 316 Å². The normalized spacial score (nSPS) is 21.8. The van der Waals surface area contributed by atoms with Crippen molar-refractivity contribution in [3.63, 3.8) is 0 Å². The van der Waals surface area contributed by atoms with Gasteiger partial charge in [-0.2, -0.15) is 5.10 Å². The van der Waals surface area contributed by atoms with Crippen LogP contribution in [-0.2, 0) is 35.5 Å². The third-order valence-electron chi connectivity index (χ3n) is 11.1. The van der Waals surface area contributed by atoms with Crippen LogP contribution in [0, 0.1) is 19.3 Å². The Morgan fingerprint density at radius 1 is 1.02 bits per heavy atom. The van der Waals surface area contributed by atoms with E-state index in [0.717, 1.165) is 78.4 Å². The largest absolute Gasteiger partial charge is 0.327 e. The van der Waals surface area contributed by atoms with Crippen LogP contribution >= 0.6 is 15.9 Å². The lowest BCUT2D eigenvalue weighted by atomic mass is 9.94. The smallest absolute Gasteiger partial charge is 0.245 e. The second kappa shape index (κ2) is 14.1. The molecule has 13 heteroatoms. The molecule has 3 aliphatic rings. The van der Waals surface area contributed by atoms with Crippen molar-refractivity contribution in [3.05, 3.63) is 87.6 Å². The van der Waals surface area contributed by atoms with Crippen molar-refractivity contribution in [2.45, 2.75) is 104 Å². The van der Waals surface area contributed by atoms with Gasteiger partial charge in [-0.05, 0) is 109 Å². The summed E-state index contributed by atoms with van der Waals surface area (Å²) in [6.45, 7) is 5.78. The van der Waals surface area contributed by atoms with Crippen molar-refractivity contribution in [2.24, 2.45) is 5.41 Å². The van der Waals surface area contributed by atoms with E-state index >= 15 is 0 Å². The minimum Gasteiger partial charge on any atom is -0.327 e. The predicted octanol–water partition coefficient (Wildman–Crippen LogP) is 6.45. The zero-order chi connectivity index (χ0) is 36.9. The van der Waals surface area contributed by atoms with Crippen molar-refractivity contribution in [1.82, 2.24) is 44.6 Å². The quantitative estimate of drug-likeness (QED) is 0.145. The van der Waals surface area contributed by atoms with Gasteiger partial charge in [0.15, 0.2) is 11.6 Å². The van der Waals surface area contributed by atoms with E-state index in [4.69, 9.17) is 5.10 Å². The molecule has 5 aromatic rings. The first-order valence-electron chi connectivity index (χ1n) is 18.4. The highest BCUT2D eigenvalue weighted by Gasteiger charge is 2.67. The number of pyridine rings is 1. The van der Waals surface area contributed by atoms with Gasteiger partial charge in [-0.3, -0.25) is 23.7 Å². The number of Topliss-reactive ketones (excluding diaryl/α,β-unsaturated/α-hetero) is 2. The van der Waals surface area contributed by atoms with Gasteiger partial charge in [-0.1, -0.05) is 30.2 Å². The number of ketones is 2.